The number of hydrogen-bond acceptors (Lipinski definition) is 6. The summed E-state index contributed by atoms with van der Waals surface area (Å²) >= 11 is 0. The molecule has 0 saturated heterocycles. The van der Waals surface area contributed by atoms with Gasteiger partial charge in [-0.05, 0) is 37.1 Å². The third kappa shape index (κ3) is 3.71. The molecule has 0 spiro atoms. The average molecular weight is 370 g/mol. The molecule has 140 valence electrons. The van der Waals surface area contributed by atoms with Gasteiger partial charge in [-0.1, -0.05) is 0 Å². The maximum Gasteiger partial charge on any atom is 0.305 e. The van der Waals surface area contributed by atoms with Gasteiger partial charge < -0.3 is 20.1 Å². The fourth-order valence-electron chi connectivity index (χ4n) is 2.78. The summed E-state index contributed by atoms with van der Waals surface area (Å²) in [6.07, 6.45) is -0.198. The first-order valence-electron chi connectivity index (χ1n) is 8.26. The van der Waals surface area contributed by atoms with Gasteiger partial charge in [0.1, 0.15) is 6.54 Å². The minimum atomic E-state index is -1.02. The van der Waals surface area contributed by atoms with E-state index in [9.17, 15) is 19.5 Å². The Labute approximate surface area is 153 Å². The van der Waals surface area contributed by atoms with Crippen molar-refractivity contribution in [2.75, 3.05) is 6.54 Å². The number of fused-ring (bicyclic) bond motifs is 2. The minimum Gasteiger partial charge on any atom is -0.493 e. The first-order valence-corrected chi connectivity index (χ1v) is 8.26. The van der Waals surface area contributed by atoms with Crippen LogP contribution in [0.5, 0.6) is 5.88 Å². The van der Waals surface area contributed by atoms with Crippen LogP contribution in [-0.4, -0.2) is 43.2 Å². The third-order valence-electron chi connectivity index (χ3n) is 4.26. The Bertz CT molecular complexity index is 1090. The highest BCUT2D eigenvalue weighted by atomic mass is 16.4. The monoisotopic (exact) mass is 370 g/mol. The maximum absolute atomic E-state index is 12.3. The van der Waals surface area contributed by atoms with Crippen LogP contribution in [0.3, 0.4) is 0 Å². The molecule has 0 radical (unpaired) electrons. The van der Waals surface area contributed by atoms with Gasteiger partial charge in [-0.25, -0.2) is 4.98 Å². The molecule has 0 fully saturated rings. The number of pyridine rings is 1. The number of benzene rings is 1. The van der Waals surface area contributed by atoms with Gasteiger partial charge in [0.15, 0.2) is 11.5 Å². The Morgan fingerprint density at radius 3 is 2.56 bits per heavy atom. The lowest BCUT2D eigenvalue weighted by Gasteiger charge is -2.18. The van der Waals surface area contributed by atoms with Crippen LogP contribution in [0.2, 0.25) is 0 Å². The Hall–Kier alpha value is -3.49. The van der Waals surface area contributed by atoms with E-state index >= 15 is 0 Å². The van der Waals surface area contributed by atoms with Gasteiger partial charge >= 0.3 is 5.97 Å². The zero-order valence-corrected chi connectivity index (χ0v) is 14.8. The van der Waals surface area contributed by atoms with Crippen LogP contribution >= 0.6 is 0 Å². The fraction of sp³-hybridized carbons (Fsp3) is 0.278. The number of amides is 1. The second kappa shape index (κ2) is 7.02. The second-order valence-corrected chi connectivity index (χ2v) is 6.27. The molecule has 0 atom stereocenters. The molecular weight excluding hydrogens is 352 g/mol. The van der Waals surface area contributed by atoms with E-state index < -0.39 is 23.2 Å². The van der Waals surface area contributed by atoms with Crippen molar-refractivity contribution in [3.63, 3.8) is 0 Å². The summed E-state index contributed by atoms with van der Waals surface area (Å²) in [4.78, 5) is 43.5. The number of nitrogens with zero attached hydrogens (tertiary/aromatic N) is 3. The van der Waals surface area contributed by atoms with Crippen molar-refractivity contribution in [1.29, 1.82) is 0 Å². The SMILES string of the molecule is Cc1cc2nc3c(=O)cc(O)nc-3n(CC(=O)NCCC(=O)O)c2cc1C. The highest BCUT2D eigenvalue weighted by Crippen LogP contribution is 2.25. The quantitative estimate of drug-likeness (QED) is 0.566. The van der Waals surface area contributed by atoms with Crippen molar-refractivity contribution in [3.8, 4) is 17.4 Å². The molecule has 1 aromatic rings. The van der Waals surface area contributed by atoms with E-state index in [0.29, 0.717) is 11.0 Å². The van der Waals surface area contributed by atoms with Crippen molar-refractivity contribution >= 4 is 22.9 Å². The molecule has 9 heteroatoms. The molecule has 9 nitrogen and oxygen atoms in total. The van der Waals surface area contributed by atoms with Gasteiger partial charge in [-0.3, -0.25) is 14.4 Å². The molecule has 2 heterocycles. The fourth-order valence-corrected chi connectivity index (χ4v) is 2.78. The lowest BCUT2D eigenvalue weighted by Crippen LogP contribution is -2.31. The van der Waals surface area contributed by atoms with Crippen LogP contribution in [0.25, 0.3) is 22.6 Å². The van der Waals surface area contributed by atoms with E-state index in [1.54, 1.807) is 0 Å². The topological polar surface area (TPSA) is 134 Å². The summed E-state index contributed by atoms with van der Waals surface area (Å²) in [7, 11) is 0. The summed E-state index contributed by atoms with van der Waals surface area (Å²) in [6, 6.07) is 4.62. The molecule has 0 aliphatic carbocycles. The first kappa shape index (κ1) is 18.3. The molecule has 3 rings (SSSR count). The van der Waals surface area contributed by atoms with Gasteiger partial charge in [-0.2, -0.15) is 4.98 Å². The molecule has 0 saturated carbocycles. The van der Waals surface area contributed by atoms with Crippen LogP contribution in [-0.2, 0) is 16.1 Å². The number of carboxylic acids is 1. The number of aryl methyl sites for hydroxylation is 2. The Kier molecular flexibility index (Phi) is 4.76. The van der Waals surface area contributed by atoms with Crippen LogP contribution in [0.1, 0.15) is 17.5 Å². The molecule has 2 aliphatic rings. The number of aromatic hydroxyl groups is 1. The summed E-state index contributed by atoms with van der Waals surface area (Å²) in [5.41, 5.74) is 2.58. The van der Waals surface area contributed by atoms with Crippen molar-refractivity contribution in [2.45, 2.75) is 26.8 Å². The Morgan fingerprint density at radius 1 is 1.15 bits per heavy atom. The Balaban J connectivity index is 2.14. The number of hydrogen-bond donors (Lipinski definition) is 3. The van der Waals surface area contributed by atoms with E-state index in [1.807, 2.05) is 26.0 Å². The predicted molar refractivity (Wildman–Crippen MR) is 96.8 cm³/mol. The number of carboxylic acid groups (broad SMARTS) is 1. The van der Waals surface area contributed by atoms with Gasteiger partial charge in [-0.15, -0.1) is 0 Å². The average Bonchev–Trinajstić information content (AvgIpc) is 2.57. The van der Waals surface area contributed by atoms with E-state index in [-0.39, 0.29) is 31.0 Å². The van der Waals surface area contributed by atoms with Crippen LogP contribution in [0, 0.1) is 13.8 Å². The molecule has 0 unspecified atom stereocenters. The van der Waals surface area contributed by atoms with E-state index in [4.69, 9.17) is 5.11 Å². The van der Waals surface area contributed by atoms with Gasteiger partial charge in [0, 0.05) is 6.54 Å². The third-order valence-corrected chi connectivity index (χ3v) is 4.26. The number of nitrogens with one attached hydrogen (secondary N) is 1. The minimum absolute atomic E-state index is 0.0146. The summed E-state index contributed by atoms with van der Waals surface area (Å²) in [6.45, 7) is 3.61. The first-order chi connectivity index (χ1) is 12.8. The molecular formula is C18H18N4O5. The van der Waals surface area contributed by atoms with E-state index in [0.717, 1.165) is 17.2 Å². The number of carbonyl (C=O) groups excluding carboxylic acids is 1. The number of carbonyl (C=O) groups is 2. The van der Waals surface area contributed by atoms with Crippen LogP contribution in [0.4, 0.5) is 0 Å². The molecule has 1 aromatic carbocycles. The zero-order chi connectivity index (χ0) is 19.7. The summed E-state index contributed by atoms with van der Waals surface area (Å²) in [5, 5.41) is 20.9. The van der Waals surface area contributed by atoms with Crippen molar-refractivity contribution in [3.05, 3.63) is 39.5 Å². The van der Waals surface area contributed by atoms with Gasteiger partial charge in [0.25, 0.3) is 0 Å². The van der Waals surface area contributed by atoms with Crippen molar-refractivity contribution in [2.24, 2.45) is 0 Å². The molecule has 27 heavy (non-hydrogen) atoms. The molecule has 3 N–H and O–H groups in total. The lowest BCUT2D eigenvalue weighted by atomic mass is 10.1. The second-order valence-electron chi connectivity index (χ2n) is 6.27. The zero-order valence-electron chi connectivity index (χ0n) is 14.8. The summed E-state index contributed by atoms with van der Waals surface area (Å²) < 4.78 is 1.50. The van der Waals surface area contributed by atoms with Crippen LogP contribution < -0.4 is 10.7 Å². The van der Waals surface area contributed by atoms with Crippen molar-refractivity contribution in [1.82, 2.24) is 19.9 Å². The maximum atomic E-state index is 12.3. The van der Waals surface area contributed by atoms with Gasteiger partial charge in [0.2, 0.25) is 17.2 Å². The molecule has 1 amide bonds. The van der Waals surface area contributed by atoms with E-state index in [2.05, 4.69) is 15.3 Å². The standard InChI is InChI=1S/C18H18N4O5/c1-9-5-11-12(6-10(9)2)22(8-15(25)19-4-3-16(26)27)18-17(20-11)13(23)7-14(24)21-18/h5-7,24H,3-4,8H2,1-2H3,(H,19,25)(H,26,27). The summed E-state index contributed by atoms with van der Waals surface area (Å²) in [5.74, 6) is -1.83. The molecule has 0 aromatic heterocycles. The lowest BCUT2D eigenvalue weighted by molar-refractivity contribution is -0.136. The van der Waals surface area contributed by atoms with Crippen LogP contribution in [0.15, 0.2) is 23.0 Å². The predicted octanol–water partition coefficient (Wildman–Crippen LogP) is 0.810. The normalized spacial score (nSPS) is 11.0. The Morgan fingerprint density at radius 2 is 1.85 bits per heavy atom. The number of rotatable bonds is 5. The molecule has 2 aliphatic heterocycles. The highest BCUT2D eigenvalue weighted by Gasteiger charge is 2.20. The largest absolute Gasteiger partial charge is 0.493 e. The highest BCUT2D eigenvalue weighted by molar-refractivity contribution is 5.84. The number of aliphatic carboxylic acids is 1. The van der Waals surface area contributed by atoms with Gasteiger partial charge in [0.05, 0.1) is 23.5 Å². The van der Waals surface area contributed by atoms with Crippen molar-refractivity contribution < 1.29 is 19.8 Å². The molecule has 0 bridgehead atoms. The van der Waals surface area contributed by atoms with E-state index in [1.165, 1.54) is 4.57 Å². The number of aromatic nitrogens is 3. The smallest absolute Gasteiger partial charge is 0.305 e.